The summed E-state index contributed by atoms with van der Waals surface area (Å²) >= 11 is 0. The maximum Gasteiger partial charge on any atom is 0.181 e. The predicted molar refractivity (Wildman–Crippen MR) is 89.1 cm³/mol. The van der Waals surface area contributed by atoms with Crippen LogP contribution in [0.5, 0.6) is 5.75 Å². The van der Waals surface area contributed by atoms with E-state index in [1.807, 2.05) is 48.5 Å². The molecule has 0 aliphatic carbocycles. The number of H-pyrrole nitrogens is 1. The van der Waals surface area contributed by atoms with Crippen molar-refractivity contribution in [2.75, 3.05) is 7.11 Å². The molecule has 2 aromatic heterocycles. The maximum absolute atomic E-state index is 5.25. The molecule has 5 heteroatoms. The lowest BCUT2D eigenvalue weighted by molar-refractivity contribution is 0.415. The van der Waals surface area contributed by atoms with Crippen molar-refractivity contribution in [3.05, 3.63) is 60.8 Å². The highest BCUT2D eigenvalue weighted by molar-refractivity contribution is 5.92. The quantitative estimate of drug-likeness (QED) is 0.627. The monoisotopic (exact) mass is 302 g/mol. The van der Waals surface area contributed by atoms with E-state index < -0.39 is 0 Å². The Labute approximate surface area is 133 Å². The predicted octanol–water partition coefficient (Wildman–Crippen LogP) is 3.70. The number of nitrogens with zero attached hydrogens (tertiary/aromatic N) is 3. The van der Waals surface area contributed by atoms with Gasteiger partial charge in [0.15, 0.2) is 11.6 Å². The third-order valence-corrected chi connectivity index (χ3v) is 3.71. The average molecular weight is 302 g/mol. The van der Waals surface area contributed by atoms with Gasteiger partial charge in [-0.15, -0.1) is 0 Å². The third-order valence-electron chi connectivity index (χ3n) is 3.71. The van der Waals surface area contributed by atoms with Gasteiger partial charge in [-0.25, -0.2) is 4.98 Å². The summed E-state index contributed by atoms with van der Waals surface area (Å²) < 4.78 is 5.25. The summed E-state index contributed by atoms with van der Waals surface area (Å²) in [6.07, 6.45) is 1.78. The molecule has 5 nitrogen and oxygen atoms in total. The van der Waals surface area contributed by atoms with Crippen LogP contribution in [0.2, 0.25) is 0 Å². The molecule has 112 valence electrons. The van der Waals surface area contributed by atoms with Crippen molar-refractivity contribution in [3.63, 3.8) is 0 Å². The number of methoxy groups -OCH3 is 1. The fraction of sp³-hybridized carbons (Fsp3) is 0.0556. The van der Waals surface area contributed by atoms with Crippen molar-refractivity contribution in [2.45, 2.75) is 0 Å². The van der Waals surface area contributed by atoms with Gasteiger partial charge in [-0.1, -0.05) is 36.4 Å². The van der Waals surface area contributed by atoms with Crippen molar-refractivity contribution >= 4 is 10.8 Å². The summed E-state index contributed by atoms with van der Waals surface area (Å²) in [4.78, 5) is 9.05. The van der Waals surface area contributed by atoms with Gasteiger partial charge in [0.05, 0.1) is 7.11 Å². The molecule has 0 aliphatic rings. The second-order valence-corrected chi connectivity index (χ2v) is 5.12. The summed E-state index contributed by atoms with van der Waals surface area (Å²) in [5.74, 6) is 2.05. The van der Waals surface area contributed by atoms with E-state index in [2.05, 4.69) is 26.2 Å². The zero-order valence-electron chi connectivity index (χ0n) is 12.5. The number of hydrogen-bond acceptors (Lipinski definition) is 4. The SMILES string of the molecule is COc1cccc(-c2n[nH]c(-c3nccc4ccccc34)n2)c1. The molecule has 0 saturated carbocycles. The lowest BCUT2D eigenvalue weighted by Crippen LogP contribution is -1.88. The van der Waals surface area contributed by atoms with Crippen LogP contribution in [-0.2, 0) is 0 Å². The lowest BCUT2D eigenvalue weighted by Gasteiger charge is -2.02. The maximum atomic E-state index is 5.25. The second-order valence-electron chi connectivity index (χ2n) is 5.12. The Morgan fingerprint density at radius 2 is 1.91 bits per heavy atom. The van der Waals surface area contributed by atoms with Gasteiger partial charge in [-0.3, -0.25) is 10.1 Å². The fourth-order valence-corrected chi connectivity index (χ4v) is 2.57. The molecule has 0 saturated heterocycles. The molecule has 0 aliphatic heterocycles. The third kappa shape index (κ3) is 2.42. The molecule has 0 radical (unpaired) electrons. The first kappa shape index (κ1) is 13.5. The van der Waals surface area contributed by atoms with Gasteiger partial charge in [0.2, 0.25) is 0 Å². The Morgan fingerprint density at radius 3 is 2.83 bits per heavy atom. The summed E-state index contributed by atoms with van der Waals surface area (Å²) in [5, 5.41) is 9.47. The zero-order valence-corrected chi connectivity index (χ0v) is 12.5. The molecule has 0 unspecified atom stereocenters. The normalized spacial score (nSPS) is 10.8. The van der Waals surface area contributed by atoms with Gasteiger partial charge in [-0.2, -0.15) is 5.10 Å². The number of aromatic amines is 1. The largest absolute Gasteiger partial charge is 0.497 e. The van der Waals surface area contributed by atoms with E-state index in [0.717, 1.165) is 27.8 Å². The highest BCUT2D eigenvalue weighted by atomic mass is 16.5. The minimum Gasteiger partial charge on any atom is -0.497 e. The first-order valence-corrected chi connectivity index (χ1v) is 7.26. The molecule has 0 amide bonds. The fourth-order valence-electron chi connectivity index (χ4n) is 2.57. The first-order chi connectivity index (χ1) is 11.3. The van der Waals surface area contributed by atoms with Gasteiger partial charge in [0.1, 0.15) is 11.4 Å². The van der Waals surface area contributed by atoms with Gasteiger partial charge in [0.25, 0.3) is 0 Å². The number of rotatable bonds is 3. The van der Waals surface area contributed by atoms with Crippen molar-refractivity contribution in [2.24, 2.45) is 0 Å². The van der Waals surface area contributed by atoms with Crippen molar-refractivity contribution in [1.82, 2.24) is 20.2 Å². The van der Waals surface area contributed by atoms with Gasteiger partial charge in [-0.05, 0) is 23.6 Å². The van der Waals surface area contributed by atoms with E-state index in [0.29, 0.717) is 11.6 Å². The number of fused-ring (bicyclic) bond motifs is 1. The summed E-state index contributed by atoms with van der Waals surface area (Å²) in [6, 6.07) is 17.7. The smallest absolute Gasteiger partial charge is 0.181 e. The standard InChI is InChI=1S/C18H14N4O/c1-23-14-7-4-6-13(11-14)17-20-18(22-21-17)16-15-8-3-2-5-12(15)9-10-19-16/h2-11H,1H3,(H,20,21,22). The molecule has 2 aromatic carbocycles. The number of hydrogen-bond donors (Lipinski definition) is 1. The second kappa shape index (κ2) is 5.53. The van der Waals surface area contributed by atoms with E-state index in [1.165, 1.54) is 0 Å². The van der Waals surface area contributed by atoms with Crippen LogP contribution < -0.4 is 4.74 Å². The topological polar surface area (TPSA) is 63.7 Å². The van der Waals surface area contributed by atoms with Crippen molar-refractivity contribution in [1.29, 1.82) is 0 Å². The number of pyridine rings is 1. The van der Waals surface area contributed by atoms with Crippen molar-refractivity contribution < 1.29 is 4.74 Å². The number of benzene rings is 2. The molecule has 0 atom stereocenters. The molecule has 0 fully saturated rings. The van der Waals surface area contributed by atoms with Crippen LogP contribution in [0.3, 0.4) is 0 Å². The summed E-state index contributed by atoms with van der Waals surface area (Å²) in [7, 11) is 1.64. The number of nitrogens with one attached hydrogen (secondary N) is 1. The van der Waals surface area contributed by atoms with Crippen LogP contribution in [0.15, 0.2) is 60.8 Å². The molecule has 23 heavy (non-hydrogen) atoms. The average Bonchev–Trinajstić information content (AvgIpc) is 3.11. The van der Waals surface area contributed by atoms with E-state index in [4.69, 9.17) is 4.74 Å². The van der Waals surface area contributed by atoms with Crippen LogP contribution >= 0.6 is 0 Å². The van der Waals surface area contributed by atoms with E-state index in [-0.39, 0.29) is 0 Å². The summed E-state index contributed by atoms with van der Waals surface area (Å²) in [6.45, 7) is 0. The van der Waals surface area contributed by atoms with Gasteiger partial charge >= 0.3 is 0 Å². The van der Waals surface area contributed by atoms with Crippen molar-refractivity contribution in [3.8, 4) is 28.7 Å². The molecular formula is C18H14N4O. The minimum absolute atomic E-state index is 0.619. The first-order valence-electron chi connectivity index (χ1n) is 7.26. The molecule has 0 bridgehead atoms. The number of aromatic nitrogens is 4. The molecule has 2 heterocycles. The Bertz CT molecular complexity index is 972. The van der Waals surface area contributed by atoms with Gasteiger partial charge in [0, 0.05) is 17.1 Å². The Kier molecular flexibility index (Phi) is 3.24. The van der Waals surface area contributed by atoms with Crippen LogP contribution in [0.25, 0.3) is 33.7 Å². The summed E-state index contributed by atoms with van der Waals surface area (Å²) in [5.41, 5.74) is 1.69. The van der Waals surface area contributed by atoms with Crippen LogP contribution in [0.1, 0.15) is 0 Å². The van der Waals surface area contributed by atoms with Crippen LogP contribution in [0, 0.1) is 0 Å². The number of ether oxygens (including phenoxy) is 1. The Balaban J connectivity index is 1.80. The van der Waals surface area contributed by atoms with E-state index in [9.17, 15) is 0 Å². The van der Waals surface area contributed by atoms with E-state index in [1.54, 1.807) is 13.3 Å². The zero-order chi connectivity index (χ0) is 15.6. The van der Waals surface area contributed by atoms with Crippen LogP contribution in [0.4, 0.5) is 0 Å². The molecule has 4 rings (SSSR count). The Hall–Kier alpha value is -3.21. The highest BCUT2D eigenvalue weighted by Crippen LogP contribution is 2.26. The highest BCUT2D eigenvalue weighted by Gasteiger charge is 2.12. The Morgan fingerprint density at radius 1 is 1.00 bits per heavy atom. The lowest BCUT2D eigenvalue weighted by atomic mass is 10.1. The van der Waals surface area contributed by atoms with E-state index >= 15 is 0 Å². The molecule has 1 N–H and O–H groups in total. The molecule has 4 aromatic rings. The molecular weight excluding hydrogens is 288 g/mol. The van der Waals surface area contributed by atoms with Crippen LogP contribution in [-0.4, -0.2) is 27.3 Å². The molecule has 0 spiro atoms. The minimum atomic E-state index is 0.619. The van der Waals surface area contributed by atoms with Gasteiger partial charge < -0.3 is 4.74 Å².